The summed E-state index contributed by atoms with van der Waals surface area (Å²) in [5.41, 5.74) is 3.22. The van der Waals surface area contributed by atoms with Gasteiger partial charge in [-0.25, -0.2) is 4.98 Å². The van der Waals surface area contributed by atoms with Gasteiger partial charge in [-0.05, 0) is 31.1 Å². The van der Waals surface area contributed by atoms with Gasteiger partial charge in [-0.15, -0.1) is 0 Å². The third-order valence-electron chi connectivity index (χ3n) is 5.20. The first kappa shape index (κ1) is 12.8. The number of hydrogen-bond donors (Lipinski definition) is 1. The van der Waals surface area contributed by atoms with Crippen LogP contribution in [-0.2, 0) is 24.2 Å². The Morgan fingerprint density at radius 1 is 1.35 bits per heavy atom. The Balaban J connectivity index is 1.66. The molecule has 20 heavy (non-hydrogen) atoms. The summed E-state index contributed by atoms with van der Waals surface area (Å²) < 4.78 is 8.15. The molecule has 2 aliphatic heterocycles. The molecule has 3 heterocycles. The maximum absolute atomic E-state index is 5.55. The van der Waals surface area contributed by atoms with Crippen molar-refractivity contribution < 1.29 is 4.74 Å². The molecule has 0 spiro atoms. The van der Waals surface area contributed by atoms with Crippen molar-refractivity contribution in [3.63, 3.8) is 0 Å². The number of ether oxygens (including phenoxy) is 1. The third kappa shape index (κ3) is 2.29. The maximum atomic E-state index is 5.55. The Morgan fingerprint density at radius 3 is 2.90 bits per heavy atom. The Kier molecular flexibility index (Phi) is 3.11. The van der Waals surface area contributed by atoms with Gasteiger partial charge in [0.05, 0.1) is 5.69 Å². The molecule has 1 saturated heterocycles. The molecule has 4 nitrogen and oxygen atoms in total. The van der Waals surface area contributed by atoms with Crippen molar-refractivity contribution in [1.82, 2.24) is 14.9 Å². The first-order chi connectivity index (χ1) is 9.75. The largest absolute Gasteiger partial charge is 0.381 e. The highest BCUT2D eigenvalue weighted by Crippen LogP contribution is 2.42. The fourth-order valence-corrected chi connectivity index (χ4v) is 3.63. The van der Waals surface area contributed by atoms with Gasteiger partial charge in [-0.1, -0.05) is 6.92 Å². The van der Waals surface area contributed by atoms with E-state index in [1.165, 1.54) is 42.9 Å². The molecule has 2 fully saturated rings. The minimum absolute atomic E-state index is 0.390. The highest BCUT2D eigenvalue weighted by Gasteiger charge is 2.35. The van der Waals surface area contributed by atoms with Crippen LogP contribution in [0, 0.1) is 5.41 Å². The number of aromatic nitrogens is 2. The molecule has 0 atom stereocenters. The third-order valence-corrected chi connectivity index (χ3v) is 5.20. The zero-order valence-electron chi connectivity index (χ0n) is 12.5. The van der Waals surface area contributed by atoms with Crippen molar-refractivity contribution in [2.75, 3.05) is 19.8 Å². The van der Waals surface area contributed by atoms with Crippen LogP contribution in [0.2, 0.25) is 0 Å². The second kappa shape index (κ2) is 4.85. The second-order valence-electron chi connectivity index (χ2n) is 7.07. The smallest absolute Gasteiger partial charge is 0.112 e. The highest BCUT2D eigenvalue weighted by atomic mass is 16.5. The van der Waals surface area contributed by atoms with E-state index in [0.29, 0.717) is 5.41 Å². The van der Waals surface area contributed by atoms with Crippen LogP contribution in [0.25, 0.3) is 0 Å². The molecule has 0 aromatic carbocycles. The van der Waals surface area contributed by atoms with Crippen molar-refractivity contribution in [3.05, 3.63) is 17.2 Å². The standard InChI is InChI=1S/C16H25N3O/c1-16(5-8-20-9-6-16)11-19-14-4-7-17-10-13(14)18-15(19)12-2-3-12/h12,17H,2-11H2,1H3. The van der Waals surface area contributed by atoms with Crippen molar-refractivity contribution in [2.45, 2.75) is 58.0 Å². The number of hydrogen-bond acceptors (Lipinski definition) is 3. The summed E-state index contributed by atoms with van der Waals surface area (Å²) in [7, 11) is 0. The minimum Gasteiger partial charge on any atom is -0.381 e. The molecule has 0 unspecified atom stereocenters. The summed E-state index contributed by atoms with van der Waals surface area (Å²) in [5, 5.41) is 3.46. The Bertz CT molecular complexity index is 498. The average molecular weight is 275 g/mol. The quantitative estimate of drug-likeness (QED) is 0.919. The topological polar surface area (TPSA) is 39.1 Å². The summed E-state index contributed by atoms with van der Waals surface area (Å²) in [6.45, 7) is 7.48. The number of fused-ring (bicyclic) bond motifs is 1. The fraction of sp³-hybridized carbons (Fsp3) is 0.812. The van der Waals surface area contributed by atoms with Crippen LogP contribution in [0.3, 0.4) is 0 Å². The number of nitrogens with one attached hydrogen (secondary N) is 1. The summed E-state index contributed by atoms with van der Waals surface area (Å²) >= 11 is 0. The van der Waals surface area contributed by atoms with E-state index in [-0.39, 0.29) is 0 Å². The monoisotopic (exact) mass is 275 g/mol. The molecule has 4 rings (SSSR count). The number of rotatable bonds is 3. The number of imidazole rings is 1. The van der Waals surface area contributed by atoms with Crippen LogP contribution in [0.4, 0.5) is 0 Å². The molecule has 1 aromatic heterocycles. The molecule has 1 saturated carbocycles. The van der Waals surface area contributed by atoms with E-state index >= 15 is 0 Å². The van der Waals surface area contributed by atoms with E-state index in [0.717, 1.165) is 45.2 Å². The van der Waals surface area contributed by atoms with Crippen molar-refractivity contribution >= 4 is 0 Å². The van der Waals surface area contributed by atoms with E-state index in [1.807, 2.05) is 0 Å². The van der Waals surface area contributed by atoms with Gasteiger partial charge >= 0.3 is 0 Å². The van der Waals surface area contributed by atoms with Gasteiger partial charge in [0.1, 0.15) is 5.82 Å². The SMILES string of the molecule is CC1(Cn2c(C3CC3)nc3c2CCNC3)CCOCC1. The molecule has 1 aromatic rings. The van der Waals surface area contributed by atoms with Gasteiger partial charge in [-0.3, -0.25) is 0 Å². The maximum Gasteiger partial charge on any atom is 0.112 e. The molecule has 1 aliphatic carbocycles. The molecule has 0 bridgehead atoms. The fourth-order valence-electron chi connectivity index (χ4n) is 3.63. The van der Waals surface area contributed by atoms with E-state index in [4.69, 9.17) is 9.72 Å². The van der Waals surface area contributed by atoms with Crippen LogP contribution >= 0.6 is 0 Å². The molecule has 4 heteroatoms. The van der Waals surface area contributed by atoms with Gasteiger partial charge < -0.3 is 14.6 Å². The zero-order valence-corrected chi connectivity index (χ0v) is 12.5. The van der Waals surface area contributed by atoms with Gasteiger partial charge in [0.2, 0.25) is 0 Å². The average Bonchev–Trinajstić information content (AvgIpc) is 3.24. The molecule has 0 amide bonds. The summed E-state index contributed by atoms with van der Waals surface area (Å²) in [6.07, 6.45) is 6.18. The molecule has 0 radical (unpaired) electrons. The van der Waals surface area contributed by atoms with Crippen LogP contribution in [-0.4, -0.2) is 29.3 Å². The van der Waals surface area contributed by atoms with Gasteiger partial charge in [0.15, 0.2) is 0 Å². The molecule has 1 N–H and O–H groups in total. The first-order valence-electron chi connectivity index (χ1n) is 8.12. The summed E-state index contributed by atoms with van der Waals surface area (Å²) in [6, 6.07) is 0. The Labute approximate surface area is 120 Å². The van der Waals surface area contributed by atoms with E-state index < -0.39 is 0 Å². The molecule has 110 valence electrons. The van der Waals surface area contributed by atoms with E-state index in [2.05, 4.69) is 16.8 Å². The summed E-state index contributed by atoms with van der Waals surface area (Å²) in [5.74, 6) is 2.12. The minimum atomic E-state index is 0.390. The lowest BCUT2D eigenvalue weighted by atomic mass is 9.82. The first-order valence-corrected chi connectivity index (χ1v) is 8.12. The van der Waals surface area contributed by atoms with Crippen molar-refractivity contribution in [3.8, 4) is 0 Å². The van der Waals surface area contributed by atoms with Gasteiger partial charge in [0, 0.05) is 50.9 Å². The highest BCUT2D eigenvalue weighted by molar-refractivity contribution is 5.24. The Morgan fingerprint density at radius 2 is 2.15 bits per heavy atom. The normalized spacial score (nSPS) is 25.4. The van der Waals surface area contributed by atoms with Crippen LogP contribution in [0.15, 0.2) is 0 Å². The lowest BCUT2D eigenvalue weighted by Crippen LogP contribution is -2.33. The van der Waals surface area contributed by atoms with Gasteiger partial charge in [-0.2, -0.15) is 0 Å². The Hall–Kier alpha value is -0.870. The summed E-state index contributed by atoms with van der Waals surface area (Å²) in [4.78, 5) is 4.98. The number of nitrogens with zero attached hydrogens (tertiary/aromatic N) is 2. The lowest BCUT2D eigenvalue weighted by Gasteiger charge is -2.35. The van der Waals surface area contributed by atoms with Crippen molar-refractivity contribution in [1.29, 1.82) is 0 Å². The lowest BCUT2D eigenvalue weighted by molar-refractivity contribution is 0.0147. The second-order valence-corrected chi connectivity index (χ2v) is 7.07. The van der Waals surface area contributed by atoms with E-state index in [1.54, 1.807) is 0 Å². The van der Waals surface area contributed by atoms with Crippen molar-refractivity contribution in [2.24, 2.45) is 5.41 Å². The van der Waals surface area contributed by atoms with Crippen LogP contribution in [0.5, 0.6) is 0 Å². The zero-order chi connectivity index (χ0) is 13.6. The van der Waals surface area contributed by atoms with Gasteiger partial charge in [0.25, 0.3) is 0 Å². The predicted molar refractivity (Wildman–Crippen MR) is 77.8 cm³/mol. The predicted octanol–water partition coefficient (Wildman–Crippen LogP) is 2.22. The van der Waals surface area contributed by atoms with E-state index in [9.17, 15) is 0 Å². The molecular weight excluding hydrogens is 250 g/mol. The molecular formula is C16H25N3O. The van der Waals surface area contributed by atoms with Crippen LogP contribution in [0.1, 0.15) is 55.7 Å². The molecule has 3 aliphatic rings. The van der Waals surface area contributed by atoms with Crippen LogP contribution < -0.4 is 5.32 Å².